The Labute approximate surface area is 93.8 Å². The molecule has 0 aliphatic rings. The summed E-state index contributed by atoms with van der Waals surface area (Å²) in [4.78, 5) is 5.55. The Hall–Kier alpha value is -1.13. The number of hydrogen-bond donors (Lipinski definition) is 1. The van der Waals surface area contributed by atoms with E-state index in [2.05, 4.69) is 47.2 Å². The minimum atomic E-state index is 0.904. The molecule has 15 heavy (non-hydrogen) atoms. The molecule has 2 aromatic heterocycles. The van der Waals surface area contributed by atoms with Gasteiger partial charge in [-0.1, -0.05) is 0 Å². The Balaban J connectivity index is 1.86. The van der Waals surface area contributed by atoms with Crippen LogP contribution in [0.2, 0.25) is 0 Å². The lowest BCUT2D eigenvalue weighted by Gasteiger charge is -2.05. The van der Waals surface area contributed by atoms with Crippen molar-refractivity contribution in [3.8, 4) is 0 Å². The van der Waals surface area contributed by atoms with Gasteiger partial charge in [-0.2, -0.15) is 0 Å². The molecule has 0 radical (unpaired) electrons. The molecule has 0 atom stereocenters. The van der Waals surface area contributed by atoms with E-state index < -0.39 is 0 Å². The third kappa shape index (κ3) is 2.46. The van der Waals surface area contributed by atoms with Gasteiger partial charge in [0.15, 0.2) is 0 Å². The third-order valence-corrected chi connectivity index (χ3v) is 3.42. The van der Waals surface area contributed by atoms with Crippen molar-refractivity contribution in [3.05, 3.63) is 40.1 Å². The van der Waals surface area contributed by atoms with E-state index >= 15 is 0 Å². The number of hydrogen-bond acceptors (Lipinski definition) is 3. The summed E-state index contributed by atoms with van der Waals surface area (Å²) in [6.45, 7) is 3.86. The second-order valence-corrected chi connectivity index (χ2v) is 4.51. The summed E-state index contributed by atoms with van der Waals surface area (Å²) in [5, 5.41) is 3.42. The maximum atomic E-state index is 4.22. The lowest BCUT2D eigenvalue weighted by atomic mass is 10.3. The first-order valence-corrected chi connectivity index (χ1v) is 5.85. The summed E-state index contributed by atoms with van der Waals surface area (Å²) in [5.74, 6) is 0. The van der Waals surface area contributed by atoms with Gasteiger partial charge in [-0.15, -0.1) is 11.3 Å². The van der Waals surface area contributed by atoms with Crippen LogP contribution in [0.1, 0.15) is 16.3 Å². The standard InChI is InChI=1S/C11H15N3S/c1-9-11(15-8-13-9)7-12-6-10-4-3-5-14(10)2/h3-5,8,12H,6-7H2,1-2H3. The van der Waals surface area contributed by atoms with Gasteiger partial charge in [0.1, 0.15) is 0 Å². The van der Waals surface area contributed by atoms with Crippen LogP contribution in [0.25, 0.3) is 0 Å². The summed E-state index contributed by atoms with van der Waals surface area (Å²) in [6.07, 6.45) is 2.06. The Kier molecular flexibility index (Phi) is 3.18. The molecule has 1 N–H and O–H groups in total. The van der Waals surface area contributed by atoms with Crippen molar-refractivity contribution in [2.24, 2.45) is 7.05 Å². The van der Waals surface area contributed by atoms with E-state index in [1.54, 1.807) is 11.3 Å². The molecule has 0 aromatic carbocycles. The summed E-state index contributed by atoms with van der Waals surface area (Å²) >= 11 is 1.71. The van der Waals surface area contributed by atoms with Gasteiger partial charge >= 0.3 is 0 Å². The van der Waals surface area contributed by atoms with Crippen LogP contribution >= 0.6 is 11.3 Å². The Morgan fingerprint density at radius 1 is 1.47 bits per heavy atom. The topological polar surface area (TPSA) is 29.9 Å². The van der Waals surface area contributed by atoms with Crippen LogP contribution in [0.3, 0.4) is 0 Å². The highest BCUT2D eigenvalue weighted by molar-refractivity contribution is 7.09. The van der Waals surface area contributed by atoms with Gasteiger partial charge in [0.2, 0.25) is 0 Å². The molecule has 2 rings (SSSR count). The first-order valence-electron chi connectivity index (χ1n) is 4.97. The predicted molar refractivity (Wildman–Crippen MR) is 62.8 cm³/mol. The van der Waals surface area contributed by atoms with Crippen molar-refractivity contribution in [2.45, 2.75) is 20.0 Å². The Morgan fingerprint density at radius 3 is 2.93 bits per heavy atom. The third-order valence-electron chi connectivity index (χ3n) is 2.49. The van der Waals surface area contributed by atoms with E-state index in [0.29, 0.717) is 0 Å². The predicted octanol–water partition coefficient (Wildman–Crippen LogP) is 2.08. The molecule has 0 saturated carbocycles. The average Bonchev–Trinajstić information content (AvgIpc) is 2.78. The lowest BCUT2D eigenvalue weighted by molar-refractivity contribution is 0.658. The maximum absolute atomic E-state index is 4.22. The largest absolute Gasteiger partial charge is 0.353 e. The first-order chi connectivity index (χ1) is 7.27. The molecular formula is C11H15N3S. The average molecular weight is 221 g/mol. The van der Waals surface area contributed by atoms with E-state index in [0.717, 1.165) is 18.8 Å². The molecule has 2 aromatic rings. The minimum absolute atomic E-state index is 0.904. The van der Waals surface area contributed by atoms with Gasteiger partial charge in [-0.05, 0) is 19.1 Å². The fourth-order valence-corrected chi connectivity index (χ4v) is 2.23. The minimum Gasteiger partial charge on any atom is -0.353 e. The fraction of sp³-hybridized carbons (Fsp3) is 0.364. The van der Waals surface area contributed by atoms with Crippen LogP contribution in [0.4, 0.5) is 0 Å². The molecule has 0 amide bonds. The van der Waals surface area contributed by atoms with Gasteiger partial charge in [0.25, 0.3) is 0 Å². The van der Waals surface area contributed by atoms with Crippen LogP contribution in [0, 0.1) is 6.92 Å². The number of aryl methyl sites for hydroxylation is 2. The Bertz CT molecular complexity index is 390. The molecule has 4 heteroatoms. The van der Waals surface area contributed by atoms with E-state index in [1.165, 1.54) is 10.6 Å². The lowest BCUT2D eigenvalue weighted by Crippen LogP contribution is -2.14. The van der Waals surface area contributed by atoms with Crippen LogP contribution in [0.5, 0.6) is 0 Å². The van der Waals surface area contributed by atoms with E-state index in [4.69, 9.17) is 0 Å². The number of nitrogens with one attached hydrogen (secondary N) is 1. The zero-order valence-corrected chi connectivity index (χ0v) is 9.84. The molecule has 2 heterocycles. The zero-order valence-electron chi connectivity index (χ0n) is 9.03. The van der Waals surface area contributed by atoms with Crippen molar-refractivity contribution < 1.29 is 0 Å². The molecule has 3 nitrogen and oxygen atoms in total. The molecule has 0 bridgehead atoms. The van der Waals surface area contributed by atoms with Crippen molar-refractivity contribution >= 4 is 11.3 Å². The van der Waals surface area contributed by atoms with Gasteiger partial charge in [-0.3, -0.25) is 0 Å². The van der Waals surface area contributed by atoms with Gasteiger partial charge < -0.3 is 9.88 Å². The summed E-state index contributed by atoms with van der Waals surface area (Å²) in [7, 11) is 2.06. The first kappa shape index (κ1) is 10.4. The maximum Gasteiger partial charge on any atom is 0.0798 e. The van der Waals surface area contributed by atoms with Gasteiger partial charge in [0, 0.05) is 36.9 Å². The summed E-state index contributed by atoms with van der Waals surface area (Å²) < 4.78 is 2.13. The molecular weight excluding hydrogens is 206 g/mol. The summed E-state index contributed by atoms with van der Waals surface area (Å²) in [5.41, 5.74) is 4.34. The van der Waals surface area contributed by atoms with Crippen LogP contribution < -0.4 is 5.32 Å². The van der Waals surface area contributed by atoms with Gasteiger partial charge in [0.05, 0.1) is 11.2 Å². The monoisotopic (exact) mass is 221 g/mol. The van der Waals surface area contributed by atoms with Crippen molar-refractivity contribution in [3.63, 3.8) is 0 Å². The van der Waals surface area contributed by atoms with Crippen molar-refractivity contribution in [2.75, 3.05) is 0 Å². The number of aromatic nitrogens is 2. The second kappa shape index (κ2) is 4.59. The van der Waals surface area contributed by atoms with Crippen molar-refractivity contribution in [1.82, 2.24) is 14.9 Å². The number of rotatable bonds is 4. The van der Waals surface area contributed by atoms with Crippen LogP contribution in [-0.4, -0.2) is 9.55 Å². The van der Waals surface area contributed by atoms with Crippen molar-refractivity contribution in [1.29, 1.82) is 0 Å². The molecule has 80 valence electrons. The highest BCUT2D eigenvalue weighted by Gasteiger charge is 2.01. The van der Waals surface area contributed by atoms with Crippen LogP contribution in [-0.2, 0) is 20.1 Å². The van der Waals surface area contributed by atoms with E-state index in [1.807, 2.05) is 5.51 Å². The normalized spacial score (nSPS) is 10.8. The zero-order chi connectivity index (χ0) is 10.7. The summed E-state index contributed by atoms with van der Waals surface area (Å²) in [6, 6.07) is 4.20. The van der Waals surface area contributed by atoms with E-state index in [9.17, 15) is 0 Å². The molecule has 0 spiro atoms. The van der Waals surface area contributed by atoms with Gasteiger partial charge in [-0.25, -0.2) is 4.98 Å². The van der Waals surface area contributed by atoms with E-state index in [-0.39, 0.29) is 0 Å². The molecule has 0 aliphatic heterocycles. The SMILES string of the molecule is Cc1ncsc1CNCc1cccn1C. The number of thiazole rings is 1. The Morgan fingerprint density at radius 2 is 2.33 bits per heavy atom. The van der Waals surface area contributed by atoms with Crippen LogP contribution in [0.15, 0.2) is 23.8 Å². The highest BCUT2D eigenvalue weighted by atomic mass is 32.1. The molecule has 0 fully saturated rings. The quantitative estimate of drug-likeness (QED) is 0.856. The second-order valence-electron chi connectivity index (χ2n) is 3.57. The molecule has 0 unspecified atom stereocenters. The smallest absolute Gasteiger partial charge is 0.0798 e. The number of nitrogens with zero attached hydrogens (tertiary/aromatic N) is 2. The fourth-order valence-electron chi connectivity index (χ4n) is 1.48. The highest BCUT2D eigenvalue weighted by Crippen LogP contribution is 2.11. The molecule has 0 aliphatic carbocycles. The molecule has 0 saturated heterocycles.